The van der Waals surface area contributed by atoms with Gasteiger partial charge in [0.1, 0.15) is 11.5 Å². The van der Waals surface area contributed by atoms with E-state index in [1.165, 1.54) is 19.5 Å². The van der Waals surface area contributed by atoms with Crippen molar-refractivity contribution in [1.29, 1.82) is 0 Å². The monoisotopic (exact) mass is 684 g/mol. The maximum absolute atomic E-state index is 10.3. The third-order valence-electron chi connectivity index (χ3n) is 6.93. The van der Waals surface area contributed by atoms with E-state index in [1.807, 2.05) is 24.3 Å². The number of ether oxygens (including phenoxy) is 2. The summed E-state index contributed by atoms with van der Waals surface area (Å²) >= 11 is 6.94. The first-order valence-electron chi connectivity index (χ1n) is 14.7. The smallest absolute Gasteiger partial charge is 0.124 e. The predicted octanol–water partition coefficient (Wildman–Crippen LogP) is 9.58. The number of hydrogen-bond donors (Lipinski definition) is 2. The molecule has 46 heavy (non-hydrogen) atoms. The van der Waals surface area contributed by atoms with Crippen LogP contribution in [0.15, 0.2) is 106 Å². The third kappa shape index (κ3) is 8.47. The van der Waals surface area contributed by atoms with Gasteiger partial charge in [-0.25, -0.2) is 0 Å². The first-order valence-corrected chi connectivity index (χ1v) is 18.1. The second-order valence-electron chi connectivity index (χ2n) is 10.1. The molecule has 0 spiro atoms. The zero-order chi connectivity index (χ0) is 31.6. The van der Waals surface area contributed by atoms with Gasteiger partial charge < -0.3 is 19.7 Å². The molecule has 0 aliphatic carbocycles. The van der Waals surface area contributed by atoms with Crippen LogP contribution in [0.25, 0.3) is 40.4 Å². The Bertz CT molecular complexity index is 1750. The van der Waals surface area contributed by atoms with E-state index in [0.717, 1.165) is 20.9 Å². The van der Waals surface area contributed by atoms with Gasteiger partial charge in [-0.3, -0.25) is 9.98 Å². The molecule has 2 aromatic carbocycles. The van der Waals surface area contributed by atoms with Gasteiger partial charge in [-0.15, -0.1) is 45.3 Å². The summed E-state index contributed by atoms with van der Waals surface area (Å²) in [7, 11) is 0. The quantitative estimate of drug-likeness (QED) is 0.0834. The van der Waals surface area contributed by atoms with Crippen molar-refractivity contribution in [2.24, 2.45) is 9.98 Å². The lowest BCUT2D eigenvalue weighted by Crippen LogP contribution is -2.08. The van der Waals surface area contributed by atoms with Gasteiger partial charge in [0.2, 0.25) is 0 Å². The van der Waals surface area contributed by atoms with E-state index < -0.39 is 0 Å². The fraction of sp³-hybridized carbons (Fsp3) is 0.167. The van der Waals surface area contributed by atoms with Crippen LogP contribution in [0.3, 0.4) is 0 Å². The number of aromatic hydroxyl groups is 2. The van der Waals surface area contributed by atoms with Crippen LogP contribution >= 0.6 is 45.3 Å². The Morgan fingerprint density at radius 1 is 0.522 bits per heavy atom. The number of phenols is 2. The Hall–Kier alpha value is -3.90. The van der Waals surface area contributed by atoms with Gasteiger partial charge in [-0.05, 0) is 94.7 Å². The van der Waals surface area contributed by atoms with Crippen LogP contribution in [0.1, 0.15) is 11.1 Å². The second-order valence-corrected chi connectivity index (χ2v) is 14.2. The molecule has 2 N–H and O–H groups in total. The van der Waals surface area contributed by atoms with Crippen LogP contribution in [0.5, 0.6) is 11.5 Å². The molecule has 6 nitrogen and oxygen atoms in total. The van der Waals surface area contributed by atoms with Crippen molar-refractivity contribution in [1.82, 2.24) is 0 Å². The normalized spacial score (nSPS) is 11.7. The molecular formula is C36H32N2O4S4. The summed E-state index contributed by atoms with van der Waals surface area (Å²) < 4.78 is 11.3. The minimum Gasteiger partial charge on any atom is -0.507 e. The Balaban J connectivity index is 0.880. The van der Waals surface area contributed by atoms with Crippen LogP contribution in [0.2, 0.25) is 0 Å². The fourth-order valence-electron chi connectivity index (χ4n) is 4.59. The SMILES string of the molecule is Oc1ccc(-c2ccc(-c3cccs3)s2)cc1C=NCCOCCOCCN=Cc1cc(-c2ccc(-c3cccs3)s2)ccc1O. The molecule has 0 fully saturated rings. The lowest BCUT2D eigenvalue weighted by molar-refractivity contribution is 0.0541. The van der Waals surface area contributed by atoms with Gasteiger partial charge in [0, 0.05) is 52.8 Å². The summed E-state index contributed by atoms with van der Waals surface area (Å²) in [4.78, 5) is 16.2. The highest BCUT2D eigenvalue weighted by Crippen LogP contribution is 2.38. The summed E-state index contributed by atoms with van der Waals surface area (Å²) in [6, 6.07) is 28.1. The number of thiophene rings is 4. The van der Waals surface area contributed by atoms with E-state index in [1.54, 1.807) is 69.9 Å². The van der Waals surface area contributed by atoms with Crippen molar-refractivity contribution >= 4 is 57.8 Å². The van der Waals surface area contributed by atoms with E-state index in [4.69, 9.17) is 9.47 Å². The summed E-state index contributed by atoms with van der Waals surface area (Å²) in [5.74, 6) is 0.404. The fourth-order valence-corrected chi connectivity index (χ4v) is 8.27. The van der Waals surface area contributed by atoms with Gasteiger partial charge in [-0.1, -0.05) is 12.1 Å². The van der Waals surface area contributed by atoms with Crippen LogP contribution in [0.4, 0.5) is 0 Å². The van der Waals surface area contributed by atoms with Gasteiger partial charge in [0.25, 0.3) is 0 Å². The highest BCUT2D eigenvalue weighted by atomic mass is 32.1. The second kappa shape index (κ2) is 16.1. The molecule has 0 atom stereocenters. The molecule has 10 heteroatoms. The van der Waals surface area contributed by atoms with E-state index in [2.05, 4.69) is 69.3 Å². The van der Waals surface area contributed by atoms with Gasteiger partial charge in [0.15, 0.2) is 0 Å². The zero-order valence-corrected chi connectivity index (χ0v) is 28.1. The van der Waals surface area contributed by atoms with Gasteiger partial charge >= 0.3 is 0 Å². The zero-order valence-electron chi connectivity index (χ0n) is 24.9. The average molecular weight is 685 g/mol. The van der Waals surface area contributed by atoms with Crippen LogP contribution in [-0.2, 0) is 9.47 Å². The Morgan fingerprint density at radius 2 is 0.978 bits per heavy atom. The van der Waals surface area contributed by atoms with Crippen LogP contribution in [-0.4, -0.2) is 62.2 Å². The predicted molar refractivity (Wildman–Crippen MR) is 196 cm³/mol. The van der Waals surface area contributed by atoms with Gasteiger partial charge in [-0.2, -0.15) is 0 Å². The largest absolute Gasteiger partial charge is 0.507 e. The minimum atomic E-state index is 0.202. The molecule has 0 amide bonds. The molecule has 6 aromatic rings. The lowest BCUT2D eigenvalue weighted by atomic mass is 10.1. The first kappa shape index (κ1) is 32.1. The van der Waals surface area contributed by atoms with E-state index >= 15 is 0 Å². The topological polar surface area (TPSA) is 83.6 Å². The Labute approximate surface area is 284 Å². The average Bonchev–Trinajstić information content (AvgIpc) is 3.90. The molecule has 4 heterocycles. The standard InChI is InChI=1S/C36H32N2O4S4/c39-29-7-5-25(31-9-11-35(45-31)33-3-1-19-43-33)21-27(29)23-37-13-15-41-17-18-42-16-14-38-24-28-22-26(6-8-30(28)40)32-10-12-36(46-32)34-4-2-20-44-34/h1-12,19-24,39-40H,13-18H2. The van der Waals surface area contributed by atoms with E-state index in [9.17, 15) is 10.2 Å². The van der Waals surface area contributed by atoms with E-state index in [0.29, 0.717) is 50.6 Å². The lowest BCUT2D eigenvalue weighted by Gasteiger charge is -2.05. The van der Waals surface area contributed by atoms with E-state index in [-0.39, 0.29) is 11.5 Å². The molecule has 0 saturated carbocycles. The molecule has 6 rings (SSSR count). The Kier molecular flexibility index (Phi) is 11.2. The number of hydrogen-bond acceptors (Lipinski definition) is 10. The maximum Gasteiger partial charge on any atom is 0.124 e. The van der Waals surface area contributed by atoms with Crippen molar-refractivity contribution in [2.45, 2.75) is 0 Å². The number of aliphatic imine (C=N–C) groups is 2. The maximum atomic E-state index is 10.3. The molecule has 0 unspecified atom stereocenters. The number of benzene rings is 2. The molecule has 234 valence electrons. The highest BCUT2D eigenvalue weighted by Gasteiger charge is 2.09. The third-order valence-corrected chi connectivity index (χ3v) is 11.3. The summed E-state index contributed by atoms with van der Waals surface area (Å²) in [5.41, 5.74) is 3.47. The molecule has 0 aliphatic heterocycles. The highest BCUT2D eigenvalue weighted by molar-refractivity contribution is 7.23. The summed E-state index contributed by atoms with van der Waals surface area (Å²) in [6.45, 7) is 2.81. The van der Waals surface area contributed by atoms with Crippen LogP contribution in [0, 0.1) is 0 Å². The molecule has 0 saturated heterocycles. The molecular weight excluding hydrogens is 653 g/mol. The molecule has 0 bridgehead atoms. The molecule has 0 aliphatic rings. The van der Waals surface area contributed by atoms with Crippen molar-refractivity contribution < 1.29 is 19.7 Å². The Morgan fingerprint density at radius 3 is 1.41 bits per heavy atom. The molecule has 0 radical (unpaired) electrons. The number of rotatable bonds is 15. The van der Waals surface area contributed by atoms with Crippen molar-refractivity contribution in [3.63, 3.8) is 0 Å². The van der Waals surface area contributed by atoms with Crippen molar-refractivity contribution in [2.75, 3.05) is 39.5 Å². The van der Waals surface area contributed by atoms with Crippen LogP contribution < -0.4 is 0 Å². The molecule has 4 aromatic heterocycles. The summed E-state index contributed by atoms with van der Waals surface area (Å²) in [6.07, 6.45) is 3.39. The summed E-state index contributed by atoms with van der Waals surface area (Å²) in [5, 5.41) is 24.8. The van der Waals surface area contributed by atoms with Gasteiger partial charge in [0.05, 0.1) is 39.5 Å². The first-order chi connectivity index (χ1) is 22.6. The van der Waals surface area contributed by atoms with Crippen molar-refractivity contribution in [3.05, 3.63) is 107 Å². The number of phenolic OH excluding ortho intramolecular Hbond substituents is 2. The minimum absolute atomic E-state index is 0.202. The van der Waals surface area contributed by atoms with Crippen molar-refractivity contribution in [3.8, 4) is 51.9 Å². The number of nitrogens with zero attached hydrogens (tertiary/aromatic N) is 2.